The Morgan fingerprint density at radius 1 is 1.12 bits per heavy atom. The van der Waals surface area contributed by atoms with Crippen molar-refractivity contribution in [3.8, 4) is 0 Å². The van der Waals surface area contributed by atoms with E-state index in [1.54, 1.807) is 0 Å². The van der Waals surface area contributed by atoms with Crippen molar-refractivity contribution in [1.82, 2.24) is 0 Å². The Morgan fingerprint density at radius 3 is 2.44 bits per heavy atom. The van der Waals surface area contributed by atoms with E-state index in [1.165, 1.54) is 19.3 Å². The lowest BCUT2D eigenvalue weighted by Crippen LogP contribution is -2.68. The van der Waals surface area contributed by atoms with E-state index in [4.69, 9.17) is 9.29 Å². The van der Waals surface area contributed by atoms with Gasteiger partial charge in [0.05, 0.1) is 6.61 Å². The molecule has 4 fully saturated rings. The maximum absolute atomic E-state index is 13.0. The second kappa shape index (κ2) is 4.91. The minimum absolute atomic E-state index is 0.0262. The number of ether oxygens (including phenoxy) is 2. The van der Waals surface area contributed by atoms with Gasteiger partial charge in [-0.05, 0) is 55.3 Å². The lowest BCUT2D eigenvalue weighted by atomic mass is 9.32. The smallest absolute Gasteiger partial charge is 0.463 e. The summed E-state index contributed by atoms with van der Waals surface area (Å²) in [6.45, 7) is -0.940. The maximum atomic E-state index is 13.0. The zero-order chi connectivity index (χ0) is 18.3. The van der Waals surface area contributed by atoms with Gasteiger partial charge in [-0.25, -0.2) is 9.59 Å². The molecule has 1 spiro atoms. The molecule has 0 aliphatic heterocycles. The summed E-state index contributed by atoms with van der Waals surface area (Å²) < 4.78 is 64.3. The van der Waals surface area contributed by atoms with Crippen LogP contribution >= 0.6 is 0 Å². The molecule has 1 N–H and O–H groups in total. The van der Waals surface area contributed by atoms with Gasteiger partial charge < -0.3 is 9.47 Å². The van der Waals surface area contributed by atoms with Crippen LogP contribution in [0.1, 0.15) is 32.1 Å². The fourth-order valence-electron chi connectivity index (χ4n) is 6.23. The van der Waals surface area contributed by atoms with Crippen molar-refractivity contribution in [2.45, 2.75) is 37.4 Å². The number of carbonyl (C=O) groups excluding carboxylic acids is 2. The topological polar surface area (TPSA) is 107 Å². The Morgan fingerprint density at radius 2 is 1.84 bits per heavy atom. The van der Waals surface area contributed by atoms with Crippen LogP contribution in [0.5, 0.6) is 0 Å². The molecule has 0 saturated heterocycles. The molecule has 2 bridgehead atoms. The van der Waals surface area contributed by atoms with Gasteiger partial charge in [0.25, 0.3) is 0 Å². The van der Waals surface area contributed by atoms with Gasteiger partial charge in [0.1, 0.15) is 0 Å². The molecule has 0 aromatic rings. The Balaban J connectivity index is 1.29. The minimum Gasteiger partial charge on any atom is -0.463 e. The lowest BCUT2D eigenvalue weighted by molar-refractivity contribution is -0.260. The van der Waals surface area contributed by atoms with E-state index in [-0.39, 0.29) is 17.4 Å². The fraction of sp³-hybridized carbons (Fsp3) is 0.867. The second-order valence-electron chi connectivity index (χ2n) is 7.89. The first kappa shape index (κ1) is 17.1. The average molecular weight is 380 g/mol. The Labute approximate surface area is 142 Å². The molecular weight excluding hydrogens is 362 g/mol. The molecule has 5 unspecified atom stereocenters. The molecule has 0 aromatic carbocycles. The van der Waals surface area contributed by atoms with Crippen molar-refractivity contribution in [1.29, 1.82) is 0 Å². The summed E-state index contributed by atoms with van der Waals surface area (Å²) in [5.74, 6) is -1.44. The zero-order valence-electron chi connectivity index (χ0n) is 13.2. The normalized spacial score (nSPS) is 40.7. The third kappa shape index (κ3) is 2.06. The van der Waals surface area contributed by atoms with Crippen LogP contribution in [0.2, 0.25) is 0 Å². The third-order valence-corrected chi connectivity index (χ3v) is 7.78. The molecule has 0 aromatic heterocycles. The largest absolute Gasteiger partial charge is 0.465 e. The van der Waals surface area contributed by atoms with Gasteiger partial charge in [-0.3, -0.25) is 4.55 Å². The van der Waals surface area contributed by atoms with Crippen molar-refractivity contribution in [2.75, 3.05) is 13.2 Å². The minimum atomic E-state index is -5.95. The van der Waals surface area contributed by atoms with E-state index >= 15 is 0 Å². The molecule has 10 heteroatoms. The summed E-state index contributed by atoms with van der Waals surface area (Å²) in [5.41, 5.74) is 0.258. The van der Waals surface area contributed by atoms with Gasteiger partial charge in [0.2, 0.25) is 0 Å². The highest BCUT2D eigenvalue weighted by Gasteiger charge is 2.80. The number of alkyl halides is 2. The van der Waals surface area contributed by atoms with Gasteiger partial charge in [-0.1, -0.05) is 0 Å². The number of halogens is 2. The molecule has 0 radical (unpaired) electrons. The van der Waals surface area contributed by atoms with Gasteiger partial charge >= 0.3 is 27.3 Å². The highest BCUT2D eigenvalue weighted by atomic mass is 32.2. The molecule has 7 nitrogen and oxygen atoms in total. The van der Waals surface area contributed by atoms with Gasteiger partial charge in [0, 0.05) is 5.41 Å². The number of carbonyl (C=O) groups is 2. The van der Waals surface area contributed by atoms with Crippen molar-refractivity contribution < 1.29 is 40.8 Å². The van der Waals surface area contributed by atoms with E-state index in [1.807, 2.05) is 0 Å². The van der Waals surface area contributed by atoms with E-state index in [9.17, 15) is 26.8 Å². The van der Waals surface area contributed by atoms with Crippen LogP contribution in [0.25, 0.3) is 0 Å². The van der Waals surface area contributed by atoms with Crippen LogP contribution < -0.4 is 0 Å². The molecule has 4 aliphatic carbocycles. The summed E-state index contributed by atoms with van der Waals surface area (Å²) in [5, 5.41) is -5.12. The quantitative estimate of drug-likeness (QED) is 0.548. The van der Waals surface area contributed by atoms with Gasteiger partial charge in [-0.15, -0.1) is 0 Å². The van der Waals surface area contributed by atoms with E-state index in [2.05, 4.69) is 4.74 Å². The number of rotatable bonds is 6. The molecule has 140 valence electrons. The average Bonchev–Trinajstić information content (AvgIpc) is 2.97. The first-order valence-electron chi connectivity index (χ1n) is 8.19. The number of hydrogen-bond donors (Lipinski definition) is 1. The van der Waals surface area contributed by atoms with Crippen molar-refractivity contribution >= 4 is 22.1 Å². The van der Waals surface area contributed by atoms with Gasteiger partial charge in [0.15, 0.2) is 6.61 Å². The van der Waals surface area contributed by atoms with E-state index in [0.29, 0.717) is 17.8 Å². The highest BCUT2D eigenvalue weighted by Crippen LogP contribution is 2.86. The van der Waals surface area contributed by atoms with Gasteiger partial charge in [-0.2, -0.15) is 17.2 Å². The van der Waals surface area contributed by atoms with Crippen LogP contribution in [0, 0.1) is 28.6 Å². The van der Waals surface area contributed by atoms with Crippen LogP contribution in [0.15, 0.2) is 0 Å². The predicted octanol–water partition coefficient (Wildman–Crippen LogP) is 1.38. The maximum Gasteiger partial charge on any atom is 0.465 e. The van der Waals surface area contributed by atoms with Crippen LogP contribution in [0.4, 0.5) is 8.78 Å². The molecule has 4 aliphatic rings. The fourth-order valence-corrected chi connectivity index (χ4v) is 6.50. The molecule has 0 amide bonds. The van der Waals surface area contributed by atoms with Crippen LogP contribution in [-0.2, 0) is 29.2 Å². The standard InChI is InChI=1S/C15H18F2O7S/c16-15(17,25(20,21)22)12(19)23-6-11(18)24-7-13-3-8-1-9-2-10(5-13)14(9,13)4-8/h8-10H,1-7H2,(H,20,21,22). The van der Waals surface area contributed by atoms with Crippen molar-refractivity contribution in [3.63, 3.8) is 0 Å². The van der Waals surface area contributed by atoms with E-state index in [0.717, 1.165) is 12.8 Å². The third-order valence-electron chi connectivity index (χ3n) is 6.97. The predicted molar refractivity (Wildman–Crippen MR) is 76.8 cm³/mol. The second-order valence-corrected chi connectivity index (χ2v) is 9.36. The van der Waals surface area contributed by atoms with Crippen molar-refractivity contribution in [3.05, 3.63) is 0 Å². The van der Waals surface area contributed by atoms with Crippen molar-refractivity contribution in [2.24, 2.45) is 28.6 Å². The summed E-state index contributed by atoms with van der Waals surface area (Å²) in [4.78, 5) is 22.7. The molecule has 4 rings (SSSR count). The Bertz CT molecular complexity index is 751. The Kier molecular flexibility index (Phi) is 3.36. The SMILES string of the molecule is O=C(COC(=O)C(F)(F)S(=O)(=O)O)OCC12CC3CC4CC(C1)C42C3. The summed E-state index contributed by atoms with van der Waals surface area (Å²) in [6.07, 6.45) is 5.68. The summed E-state index contributed by atoms with van der Waals surface area (Å²) in [7, 11) is -5.95. The molecule has 4 saturated carbocycles. The summed E-state index contributed by atoms with van der Waals surface area (Å²) in [6, 6.07) is 0. The van der Waals surface area contributed by atoms with Crippen LogP contribution in [0.3, 0.4) is 0 Å². The first-order chi connectivity index (χ1) is 11.5. The zero-order valence-corrected chi connectivity index (χ0v) is 14.1. The molecule has 25 heavy (non-hydrogen) atoms. The van der Waals surface area contributed by atoms with Crippen LogP contribution in [-0.4, -0.2) is 43.4 Å². The highest BCUT2D eigenvalue weighted by molar-refractivity contribution is 7.87. The molecule has 5 atom stereocenters. The number of esters is 2. The first-order valence-corrected chi connectivity index (χ1v) is 9.63. The van der Waals surface area contributed by atoms with E-state index < -0.39 is 33.9 Å². The number of hydrogen-bond acceptors (Lipinski definition) is 6. The number of fused-ring (bicyclic) bond motifs is 1. The Hall–Kier alpha value is -1.29. The lowest BCUT2D eigenvalue weighted by Gasteiger charge is -2.72. The molecule has 0 heterocycles. The summed E-state index contributed by atoms with van der Waals surface area (Å²) >= 11 is 0. The molecular formula is C15H18F2O7S. The monoisotopic (exact) mass is 380 g/mol.